The van der Waals surface area contributed by atoms with E-state index >= 15 is 0 Å². The van der Waals surface area contributed by atoms with E-state index in [9.17, 15) is 14.7 Å². The highest BCUT2D eigenvalue weighted by molar-refractivity contribution is 5.89. The van der Waals surface area contributed by atoms with Gasteiger partial charge in [-0.2, -0.15) is 0 Å². The normalized spacial score (nSPS) is 42.9. The average Bonchev–Trinajstić information content (AvgIpc) is 3.12. The van der Waals surface area contributed by atoms with E-state index in [1.807, 2.05) is 0 Å². The van der Waals surface area contributed by atoms with Gasteiger partial charge in [-0.25, -0.2) is 9.59 Å². The lowest BCUT2D eigenvalue weighted by molar-refractivity contribution is -0.172. The summed E-state index contributed by atoms with van der Waals surface area (Å²) in [5.41, 5.74) is -1.12. The van der Waals surface area contributed by atoms with Crippen LogP contribution in [0, 0.1) is 11.8 Å². The van der Waals surface area contributed by atoms with Crippen LogP contribution in [0.4, 0.5) is 0 Å². The van der Waals surface area contributed by atoms with Gasteiger partial charge in [-0.05, 0) is 45.6 Å². The number of allylic oxidation sites excluding steroid dienone is 1. The van der Waals surface area contributed by atoms with Gasteiger partial charge in [0.05, 0.1) is 12.6 Å². The lowest BCUT2D eigenvalue weighted by Gasteiger charge is -2.32. The molecule has 3 fully saturated rings. The number of ether oxygens (including phenoxy) is 2. The minimum absolute atomic E-state index is 0.113. The Morgan fingerprint density at radius 1 is 1.29 bits per heavy atom. The minimum Gasteiger partial charge on any atom is -0.463 e. The molecular formula is C18H27NO5. The van der Waals surface area contributed by atoms with Crippen LogP contribution in [0.2, 0.25) is 0 Å². The largest absolute Gasteiger partial charge is 0.463 e. The average molecular weight is 337 g/mol. The van der Waals surface area contributed by atoms with E-state index in [2.05, 4.69) is 4.90 Å². The lowest BCUT2D eigenvalue weighted by atomic mass is 9.85. The molecule has 3 rings (SSSR count). The Hall–Kier alpha value is -1.40. The molecule has 0 aromatic carbocycles. The molecule has 134 valence electrons. The van der Waals surface area contributed by atoms with E-state index in [0.29, 0.717) is 5.57 Å². The molecule has 0 saturated carbocycles. The van der Waals surface area contributed by atoms with Crippen LogP contribution in [-0.4, -0.2) is 59.4 Å². The molecule has 0 unspecified atom stereocenters. The van der Waals surface area contributed by atoms with E-state index in [1.165, 1.54) is 6.92 Å². The van der Waals surface area contributed by atoms with Gasteiger partial charge in [-0.15, -0.1) is 0 Å². The van der Waals surface area contributed by atoms with Crippen LogP contribution in [0.3, 0.4) is 0 Å². The zero-order valence-electron chi connectivity index (χ0n) is 14.7. The Morgan fingerprint density at radius 3 is 2.71 bits per heavy atom. The molecule has 24 heavy (non-hydrogen) atoms. The monoisotopic (exact) mass is 337 g/mol. The van der Waals surface area contributed by atoms with Crippen LogP contribution in [0.15, 0.2) is 11.6 Å². The van der Waals surface area contributed by atoms with Gasteiger partial charge in [-0.1, -0.05) is 13.0 Å². The predicted molar refractivity (Wildman–Crippen MR) is 87.1 cm³/mol. The molecule has 0 aromatic heterocycles. The van der Waals surface area contributed by atoms with Gasteiger partial charge in [0.15, 0.2) is 5.60 Å². The molecule has 3 aliphatic rings. The fourth-order valence-corrected chi connectivity index (χ4v) is 4.11. The van der Waals surface area contributed by atoms with Gasteiger partial charge in [0.1, 0.15) is 6.10 Å². The fraction of sp³-hybridized carbons (Fsp3) is 0.778. The summed E-state index contributed by atoms with van der Waals surface area (Å²) in [7, 11) is 0. The SMILES string of the molecule is C/C=C1/C[C@H](C)[C@@](C)(O)C(=O)OC[C@H]2CCN3CC[C@H](OC1=O)[C@H]23. The van der Waals surface area contributed by atoms with E-state index in [-0.39, 0.29) is 37.1 Å². The second kappa shape index (κ2) is 6.48. The summed E-state index contributed by atoms with van der Waals surface area (Å²) in [6.07, 6.45) is 3.59. The maximum absolute atomic E-state index is 12.6. The van der Waals surface area contributed by atoms with Crippen molar-refractivity contribution in [2.45, 2.75) is 57.8 Å². The Labute approximate surface area is 142 Å². The standard InChI is InChI=1S/C18H27NO5/c1-4-12-9-11(2)18(3,22)17(21)23-10-13-5-7-19-8-6-14(15(13)19)24-16(12)20/h4,11,13-15,22H,5-10H2,1-3H3/b12-4-/t11-,13+,14-,15-,18+/m0/s1. The number of esters is 2. The van der Waals surface area contributed by atoms with Crippen LogP contribution < -0.4 is 0 Å². The van der Waals surface area contributed by atoms with Gasteiger partial charge in [0.2, 0.25) is 0 Å². The van der Waals surface area contributed by atoms with Crippen molar-refractivity contribution >= 4 is 11.9 Å². The number of rotatable bonds is 0. The molecule has 5 atom stereocenters. The van der Waals surface area contributed by atoms with E-state index in [0.717, 1.165) is 25.9 Å². The molecular weight excluding hydrogens is 310 g/mol. The highest BCUT2D eigenvalue weighted by Gasteiger charge is 2.48. The van der Waals surface area contributed by atoms with Gasteiger partial charge < -0.3 is 14.6 Å². The van der Waals surface area contributed by atoms with Crippen molar-refractivity contribution in [3.05, 3.63) is 11.6 Å². The number of cyclic esters (lactones) is 1. The zero-order chi connectivity index (χ0) is 17.5. The molecule has 6 nitrogen and oxygen atoms in total. The summed E-state index contributed by atoms with van der Waals surface area (Å²) in [6.45, 7) is 7.11. The van der Waals surface area contributed by atoms with Crippen molar-refractivity contribution in [2.75, 3.05) is 19.7 Å². The molecule has 3 heterocycles. The van der Waals surface area contributed by atoms with Gasteiger partial charge in [-0.3, -0.25) is 4.90 Å². The summed E-state index contributed by atoms with van der Waals surface area (Å²) in [5, 5.41) is 10.6. The van der Waals surface area contributed by atoms with Crippen LogP contribution in [0.5, 0.6) is 0 Å². The number of aliphatic hydroxyl groups is 1. The summed E-state index contributed by atoms with van der Waals surface area (Å²) in [6, 6.07) is 0.113. The van der Waals surface area contributed by atoms with Crippen LogP contribution in [0.1, 0.15) is 40.0 Å². The molecule has 0 spiro atoms. The molecule has 0 bridgehead atoms. The summed E-state index contributed by atoms with van der Waals surface area (Å²) in [4.78, 5) is 27.3. The molecule has 0 amide bonds. The van der Waals surface area contributed by atoms with Gasteiger partial charge in [0.25, 0.3) is 0 Å². The fourth-order valence-electron chi connectivity index (χ4n) is 4.11. The number of nitrogens with zero attached hydrogens (tertiary/aromatic N) is 1. The van der Waals surface area contributed by atoms with Crippen molar-refractivity contribution in [3.63, 3.8) is 0 Å². The third-order valence-electron chi connectivity index (χ3n) is 5.97. The van der Waals surface area contributed by atoms with Crippen molar-refractivity contribution in [2.24, 2.45) is 11.8 Å². The number of carbonyl (C=O) groups excluding carboxylic acids is 2. The first-order chi connectivity index (χ1) is 11.3. The van der Waals surface area contributed by atoms with Crippen molar-refractivity contribution in [3.8, 4) is 0 Å². The first-order valence-corrected chi connectivity index (χ1v) is 8.84. The van der Waals surface area contributed by atoms with E-state index < -0.39 is 17.5 Å². The molecule has 6 heteroatoms. The quantitative estimate of drug-likeness (QED) is 0.530. The number of hydrogen-bond acceptors (Lipinski definition) is 6. The first kappa shape index (κ1) is 17.4. The summed E-state index contributed by atoms with van der Waals surface area (Å²) >= 11 is 0. The molecule has 3 saturated heterocycles. The topological polar surface area (TPSA) is 76.1 Å². The lowest BCUT2D eigenvalue weighted by Crippen LogP contribution is -2.46. The third-order valence-corrected chi connectivity index (χ3v) is 5.97. The molecule has 0 radical (unpaired) electrons. The second-order valence-corrected chi connectivity index (χ2v) is 7.47. The Morgan fingerprint density at radius 2 is 2.00 bits per heavy atom. The van der Waals surface area contributed by atoms with Gasteiger partial charge >= 0.3 is 11.9 Å². The minimum atomic E-state index is -1.62. The van der Waals surface area contributed by atoms with E-state index in [1.54, 1.807) is 19.9 Å². The van der Waals surface area contributed by atoms with E-state index in [4.69, 9.17) is 9.47 Å². The second-order valence-electron chi connectivity index (χ2n) is 7.47. The van der Waals surface area contributed by atoms with Gasteiger partial charge in [0, 0.05) is 18.0 Å². The highest BCUT2D eigenvalue weighted by atomic mass is 16.6. The van der Waals surface area contributed by atoms with Crippen molar-refractivity contribution in [1.82, 2.24) is 4.90 Å². The van der Waals surface area contributed by atoms with Crippen molar-refractivity contribution in [1.29, 1.82) is 0 Å². The molecule has 0 aliphatic carbocycles. The molecule has 1 N–H and O–H groups in total. The summed E-state index contributed by atoms with van der Waals surface area (Å²) in [5.74, 6) is -1.23. The number of carbonyl (C=O) groups is 2. The van der Waals surface area contributed by atoms with Crippen LogP contribution in [-0.2, 0) is 19.1 Å². The smallest absolute Gasteiger partial charge is 0.338 e. The molecule has 3 aliphatic heterocycles. The molecule has 0 aromatic rings. The predicted octanol–water partition coefficient (Wildman–Crippen LogP) is 1.27. The van der Waals surface area contributed by atoms with Crippen LogP contribution >= 0.6 is 0 Å². The zero-order valence-corrected chi connectivity index (χ0v) is 14.7. The van der Waals surface area contributed by atoms with Crippen LogP contribution in [0.25, 0.3) is 0 Å². The Bertz CT molecular complexity index is 556. The van der Waals surface area contributed by atoms with Crippen molar-refractivity contribution < 1.29 is 24.2 Å². The first-order valence-electron chi connectivity index (χ1n) is 8.84. The third kappa shape index (κ3) is 2.97. The highest BCUT2D eigenvalue weighted by Crippen LogP contribution is 2.36. The Kier molecular flexibility index (Phi) is 4.71. The summed E-state index contributed by atoms with van der Waals surface area (Å²) < 4.78 is 11.3. The maximum atomic E-state index is 12.6. The Balaban J connectivity index is 1.89. The maximum Gasteiger partial charge on any atom is 0.338 e. The number of hydrogen-bond donors (Lipinski definition) is 1.